The Bertz CT molecular complexity index is 23.6. The monoisotopic (exact) mass is 218 g/mol. The van der Waals surface area contributed by atoms with Gasteiger partial charge in [-0.25, -0.2) is 0 Å². The van der Waals surface area contributed by atoms with E-state index in [1.807, 2.05) is 20.8 Å². The predicted molar refractivity (Wildman–Crippen MR) is 33.5 cm³/mol. The van der Waals surface area contributed by atoms with Gasteiger partial charge in [0.15, 0.2) is 0 Å². The molecule has 0 amide bonds. The van der Waals surface area contributed by atoms with Crippen LogP contribution in [0, 0.1) is 7.43 Å². The van der Waals surface area contributed by atoms with Crippen molar-refractivity contribution in [3.8, 4) is 0 Å². The van der Waals surface area contributed by atoms with Gasteiger partial charge in [0.05, 0.1) is 0 Å². The van der Waals surface area contributed by atoms with Crippen LogP contribution in [0.2, 0.25) is 0 Å². The Hall–Kier alpha value is 1.27. The van der Waals surface area contributed by atoms with Crippen LogP contribution in [0.1, 0.15) is 20.8 Å². The van der Waals surface area contributed by atoms with Gasteiger partial charge in [-0.1, -0.05) is 20.8 Å². The molecule has 40 valence electrons. The van der Waals surface area contributed by atoms with E-state index in [-0.39, 0.29) is 39.5 Å². The van der Waals surface area contributed by atoms with Crippen molar-refractivity contribution >= 4 is 12.6 Å². The summed E-state index contributed by atoms with van der Waals surface area (Å²) in [6, 6.07) is 0. The minimum atomic E-state index is 0. The van der Waals surface area contributed by atoms with Crippen molar-refractivity contribution in [2.45, 2.75) is 25.5 Å². The fourth-order valence-corrected chi connectivity index (χ4v) is 0. The van der Waals surface area contributed by atoms with E-state index in [2.05, 4.69) is 0 Å². The Morgan fingerprint density at radius 3 is 1.14 bits per heavy atom. The first-order valence-electron chi connectivity index (χ1n) is 1.70. The zero-order valence-electron chi connectivity index (χ0n) is 5.62. The first-order valence-corrected chi connectivity index (χ1v) is 2.11. The molecular formula is C5H12CdS. The molecule has 0 N–H and O–H groups in total. The van der Waals surface area contributed by atoms with E-state index in [1.54, 1.807) is 0 Å². The van der Waals surface area contributed by atoms with Gasteiger partial charge in [0.25, 0.3) is 0 Å². The van der Waals surface area contributed by atoms with Crippen molar-refractivity contribution in [1.82, 2.24) is 0 Å². The fraction of sp³-hybridized carbons (Fsp3) is 0.800. The summed E-state index contributed by atoms with van der Waals surface area (Å²) >= 11 is 4.83. The van der Waals surface area contributed by atoms with Crippen LogP contribution in [0.15, 0.2) is 0 Å². The second-order valence-electron chi connectivity index (χ2n) is 2.11. The van der Waals surface area contributed by atoms with Crippen molar-refractivity contribution in [2.75, 3.05) is 0 Å². The molecule has 0 unspecified atom stereocenters. The topological polar surface area (TPSA) is 0 Å². The van der Waals surface area contributed by atoms with Crippen LogP contribution in [0.25, 0.3) is 0 Å². The predicted octanol–water partition coefficient (Wildman–Crippen LogP) is 1.78. The van der Waals surface area contributed by atoms with Gasteiger partial charge in [-0.05, 0) is 0 Å². The van der Waals surface area contributed by atoms with Crippen LogP contribution >= 0.6 is 0 Å². The summed E-state index contributed by atoms with van der Waals surface area (Å²) in [5, 5.41) is 0. The summed E-state index contributed by atoms with van der Waals surface area (Å²) in [7, 11) is 0. The van der Waals surface area contributed by atoms with Crippen molar-refractivity contribution in [3.63, 3.8) is 0 Å². The third-order valence-corrected chi connectivity index (χ3v) is 0. The molecule has 0 radical (unpaired) electrons. The van der Waals surface area contributed by atoms with Crippen molar-refractivity contribution < 1.29 is 27.3 Å². The Morgan fingerprint density at radius 2 is 1.14 bits per heavy atom. The van der Waals surface area contributed by atoms with Gasteiger partial charge >= 0.3 is 27.3 Å². The van der Waals surface area contributed by atoms with E-state index in [9.17, 15) is 0 Å². The van der Waals surface area contributed by atoms with Crippen molar-refractivity contribution in [2.24, 2.45) is 0 Å². The molecular weight excluding hydrogens is 205 g/mol. The van der Waals surface area contributed by atoms with E-state index >= 15 is 0 Å². The van der Waals surface area contributed by atoms with Gasteiger partial charge in [0.1, 0.15) is 0 Å². The van der Waals surface area contributed by atoms with E-state index in [4.69, 9.17) is 12.6 Å². The third-order valence-electron chi connectivity index (χ3n) is 0. The molecule has 0 aromatic carbocycles. The molecule has 0 aliphatic carbocycles. The Morgan fingerprint density at radius 1 is 1.14 bits per heavy atom. The molecule has 0 saturated heterocycles. The molecule has 0 fully saturated rings. The molecule has 0 atom stereocenters. The average molecular weight is 217 g/mol. The fourth-order valence-electron chi connectivity index (χ4n) is 0. The van der Waals surface area contributed by atoms with E-state index in [0.29, 0.717) is 0 Å². The molecule has 0 spiro atoms. The maximum Gasteiger partial charge on any atom is 2.00 e. The Labute approximate surface area is 72.6 Å². The van der Waals surface area contributed by atoms with Crippen LogP contribution in [0.5, 0.6) is 0 Å². The van der Waals surface area contributed by atoms with E-state index in [1.165, 1.54) is 0 Å². The summed E-state index contributed by atoms with van der Waals surface area (Å²) in [4.78, 5) is 0. The summed E-state index contributed by atoms with van der Waals surface area (Å²) in [6.07, 6.45) is 0. The molecule has 0 nitrogen and oxygen atoms in total. The first-order chi connectivity index (χ1) is 2.00. The molecule has 7 heavy (non-hydrogen) atoms. The smallest absolute Gasteiger partial charge is 0.787 e. The Kier molecular flexibility index (Phi) is 12.2. The number of rotatable bonds is 0. The van der Waals surface area contributed by atoms with Gasteiger partial charge in [0.2, 0.25) is 0 Å². The summed E-state index contributed by atoms with van der Waals surface area (Å²) in [5.74, 6) is 0. The molecule has 2 heteroatoms. The number of hydrogen-bond acceptors (Lipinski definition) is 1. The molecule has 0 aliphatic rings. The van der Waals surface area contributed by atoms with Crippen molar-refractivity contribution in [1.29, 1.82) is 0 Å². The SMILES string of the molecule is CC(C)(C)[S-].[CH3-].[Cd+2]. The molecule has 0 heterocycles. The van der Waals surface area contributed by atoms with Crippen LogP contribution in [-0.2, 0) is 39.9 Å². The maximum absolute atomic E-state index is 4.83. The minimum Gasteiger partial charge on any atom is -0.787 e. The standard InChI is InChI=1S/C4H10S.CH3.Cd/c1-4(2,3)5;;/h5H,1-3H3;1H3;/q;-1;+2/p-1. The normalized spacial score (nSPS) is 8.57. The number of hydrogen-bond donors (Lipinski definition) is 0. The second kappa shape index (κ2) is 5.41. The van der Waals surface area contributed by atoms with Gasteiger partial charge < -0.3 is 20.1 Å². The molecule has 0 aliphatic heterocycles. The molecule has 0 bridgehead atoms. The minimum absolute atomic E-state index is 0. The molecule has 0 saturated carbocycles. The summed E-state index contributed by atoms with van der Waals surface area (Å²) < 4.78 is 0.0833. The largest absolute Gasteiger partial charge is 2.00 e. The third kappa shape index (κ3) is 125. The van der Waals surface area contributed by atoms with Gasteiger partial charge in [-0.3, -0.25) is 0 Å². The van der Waals surface area contributed by atoms with Crippen LogP contribution in [0.4, 0.5) is 0 Å². The van der Waals surface area contributed by atoms with Gasteiger partial charge in [-0.15, -0.1) is 0 Å². The van der Waals surface area contributed by atoms with Crippen LogP contribution in [-0.4, -0.2) is 4.75 Å². The van der Waals surface area contributed by atoms with Gasteiger partial charge in [0, 0.05) is 0 Å². The average Bonchev–Trinajstić information content (AvgIpc) is 0.722. The molecule has 0 aromatic heterocycles. The zero-order valence-corrected chi connectivity index (χ0v) is 10.5. The molecule has 0 rings (SSSR count). The van der Waals surface area contributed by atoms with Gasteiger partial charge in [-0.2, -0.15) is 4.75 Å². The summed E-state index contributed by atoms with van der Waals surface area (Å²) in [5.41, 5.74) is 0. The first kappa shape index (κ1) is 15.7. The quantitative estimate of drug-likeness (QED) is 0.338. The van der Waals surface area contributed by atoms with E-state index < -0.39 is 0 Å². The second-order valence-corrected chi connectivity index (χ2v) is 3.34. The van der Waals surface area contributed by atoms with Crippen molar-refractivity contribution in [3.05, 3.63) is 7.43 Å². The maximum atomic E-state index is 4.83. The molecule has 0 aromatic rings. The van der Waals surface area contributed by atoms with E-state index in [0.717, 1.165) is 0 Å². The van der Waals surface area contributed by atoms with Crippen LogP contribution < -0.4 is 0 Å². The summed E-state index contributed by atoms with van der Waals surface area (Å²) in [6.45, 7) is 6.01. The zero-order chi connectivity index (χ0) is 4.50. The Balaban J connectivity index is -0.0000000800. The van der Waals surface area contributed by atoms with Crippen LogP contribution in [0.3, 0.4) is 0 Å².